The Hall–Kier alpha value is -0.940. The average molecular weight is 927 g/mol. The Kier molecular flexibility index (Phi) is 12.7. The third-order valence-electron chi connectivity index (χ3n) is 19.2. The Labute approximate surface area is 382 Å². The lowest BCUT2D eigenvalue weighted by molar-refractivity contribution is -0.385. The minimum atomic E-state index is -1.66. The summed E-state index contributed by atoms with van der Waals surface area (Å²) in [5.74, 6) is -0.429. The van der Waals surface area contributed by atoms with Gasteiger partial charge in [0.1, 0.15) is 61.0 Å². The Morgan fingerprint density at radius 2 is 1.32 bits per heavy atom. The molecule has 5 saturated heterocycles. The molecule has 65 heavy (non-hydrogen) atoms. The highest BCUT2D eigenvalue weighted by Crippen LogP contribution is 2.80. The zero-order chi connectivity index (χ0) is 47.1. The van der Waals surface area contributed by atoms with E-state index in [4.69, 9.17) is 37.9 Å². The summed E-state index contributed by atoms with van der Waals surface area (Å²) in [4.78, 5) is 0. The molecule has 9 aliphatic rings. The first-order valence-electron chi connectivity index (χ1n) is 24.4. The van der Waals surface area contributed by atoms with E-state index in [9.17, 15) is 46.0 Å². The SMILES string of the molecule is CC(C)=C[C@H]1C[C@](C)(O[C@@H]2O[C@@H](C)[C@H](O)[C@@H](O)[C@H]2O)[C@@H]2[C@H]3CC[C@@H]4[C@@]5(C)CC[C@H](O[C@@H]6O[C@H](CO)[C@@H](O)[C@H](O)[C@H]6O[C@@H]6O[C@@H](C)[C@H](O)[C@@H](O)[C@H]6O)C(C)(C)[C@@H]5CC[C@@]4(C)[C@@]34CO[C@@]2(C4)O1. The summed E-state index contributed by atoms with van der Waals surface area (Å²) in [5.41, 5.74) is -0.702. The first-order valence-corrected chi connectivity index (χ1v) is 24.4. The fourth-order valence-corrected chi connectivity index (χ4v) is 16.0. The van der Waals surface area contributed by atoms with Crippen LogP contribution in [0.3, 0.4) is 0 Å². The molecule has 17 nitrogen and oxygen atoms in total. The van der Waals surface area contributed by atoms with Crippen molar-refractivity contribution in [2.75, 3.05) is 13.2 Å². The van der Waals surface area contributed by atoms with Gasteiger partial charge >= 0.3 is 0 Å². The quantitative estimate of drug-likeness (QED) is 0.123. The summed E-state index contributed by atoms with van der Waals surface area (Å²) < 4.78 is 52.0. The summed E-state index contributed by atoms with van der Waals surface area (Å²) in [6.07, 6.45) is -12.2. The summed E-state index contributed by atoms with van der Waals surface area (Å²) >= 11 is 0. The van der Waals surface area contributed by atoms with Gasteiger partial charge < -0.3 is 83.9 Å². The molecule has 0 unspecified atom stereocenters. The Bertz CT molecular complexity index is 1780. The van der Waals surface area contributed by atoms with Crippen molar-refractivity contribution < 1.29 is 83.9 Å². The molecule has 0 amide bonds. The topological polar surface area (TPSA) is 256 Å². The van der Waals surface area contributed by atoms with Crippen molar-refractivity contribution in [1.29, 1.82) is 0 Å². The molecule has 9 N–H and O–H groups in total. The van der Waals surface area contributed by atoms with Crippen LogP contribution in [0.25, 0.3) is 0 Å². The zero-order valence-corrected chi connectivity index (χ0v) is 39.6. The van der Waals surface area contributed by atoms with Crippen LogP contribution in [0.15, 0.2) is 11.6 Å². The molecule has 9 fully saturated rings. The molecule has 2 spiro atoms. The highest BCUT2D eigenvalue weighted by molar-refractivity contribution is 5.27. The van der Waals surface area contributed by atoms with E-state index in [2.05, 4.69) is 40.7 Å². The molecule has 2 bridgehead atoms. The van der Waals surface area contributed by atoms with Crippen molar-refractivity contribution >= 4 is 0 Å². The number of aliphatic hydroxyl groups is 9. The summed E-state index contributed by atoms with van der Waals surface area (Å²) in [5, 5.41) is 96.7. The maximum absolute atomic E-state index is 11.4. The van der Waals surface area contributed by atoms with Crippen molar-refractivity contribution in [2.45, 2.75) is 229 Å². The fraction of sp³-hybridized carbons (Fsp3) is 0.958. The van der Waals surface area contributed by atoms with E-state index in [1.165, 1.54) is 6.92 Å². The van der Waals surface area contributed by atoms with E-state index >= 15 is 0 Å². The molecule has 26 atom stereocenters. The normalized spacial score (nSPS) is 58.3. The summed E-state index contributed by atoms with van der Waals surface area (Å²) in [7, 11) is 0. The van der Waals surface area contributed by atoms with Crippen LogP contribution in [0, 0.1) is 45.3 Å². The molecule has 5 heterocycles. The van der Waals surface area contributed by atoms with Gasteiger partial charge in [-0.05, 0) is 107 Å². The molecular weight excluding hydrogens is 849 g/mol. The maximum atomic E-state index is 11.4. The number of allylic oxidation sites excluding steroid dienone is 1. The molecule has 0 radical (unpaired) electrons. The Balaban J connectivity index is 0.979. The molecule has 5 aliphatic heterocycles. The van der Waals surface area contributed by atoms with Crippen molar-refractivity contribution in [3.8, 4) is 0 Å². The van der Waals surface area contributed by atoms with Gasteiger partial charge in [0, 0.05) is 24.2 Å². The van der Waals surface area contributed by atoms with E-state index < -0.39 is 122 Å². The number of hydrogen-bond donors (Lipinski definition) is 9. The van der Waals surface area contributed by atoms with Crippen LogP contribution >= 0.6 is 0 Å². The van der Waals surface area contributed by atoms with Gasteiger partial charge in [-0.25, -0.2) is 0 Å². The van der Waals surface area contributed by atoms with Gasteiger partial charge in [0.15, 0.2) is 24.7 Å². The zero-order valence-electron chi connectivity index (χ0n) is 39.6. The van der Waals surface area contributed by atoms with Crippen LogP contribution in [-0.2, 0) is 37.9 Å². The Morgan fingerprint density at radius 1 is 0.677 bits per heavy atom. The maximum Gasteiger partial charge on any atom is 0.187 e. The van der Waals surface area contributed by atoms with Gasteiger partial charge in [-0.2, -0.15) is 0 Å². The van der Waals surface area contributed by atoms with Crippen LogP contribution in [0.1, 0.15) is 114 Å². The largest absolute Gasteiger partial charge is 0.394 e. The lowest BCUT2D eigenvalue weighted by Crippen LogP contribution is -2.69. The second-order valence-corrected chi connectivity index (χ2v) is 23.4. The smallest absolute Gasteiger partial charge is 0.187 e. The van der Waals surface area contributed by atoms with Gasteiger partial charge in [0.25, 0.3) is 0 Å². The van der Waals surface area contributed by atoms with Gasteiger partial charge in [0.2, 0.25) is 0 Å². The highest BCUT2D eigenvalue weighted by Gasteiger charge is 2.81. The molecule has 0 aromatic rings. The minimum Gasteiger partial charge on any atom is -0.394 e. The second kappa shape index (κ2) is 16.8. The van der Waals surface area contributed by atoms with E-state index in [-0.39, 0.29) is 40.1 Å². The van der Waals surface area contributed by atoms with Gasteiger partial charge in [0.05, 0.1) is 43.2 Å². The van der Waals surface area contributed by atoms with Crippen molar-refractivity contribution in [3.63, 3.8) is 0 Å². The van der Waals surface area contributed by atoms with Crippen molar-refractivity contribution in [1.82, 2.24) is 0 Å². The predicted octanol–water partition coefficient (Wildman–Crippen LogP) is 1.38. The van der Waals surface area contributed by atoms with Crippen molar-refractivity contribution in [3.05, 3.63) is 11.6 Å². The molecule has 0 aromatic heterocycles. The lowest BCUT2D eigenvalue weighted by atomic mass is 9.35. The Morgan fingerprint density at radius 3 is 1.97 bits per heavy atom. The predicted molar refractivity (Wildman–Crippen MR) is 228 cm³/mol. The van der Waals surface area contributed by atoms with E-state index in [0.717, 1.165) is 37.7 Å². The number of ether oxygens (including phenoxy) is 8. The van der Waals surface area contributed by atoms with Crippen LogP contribution in [0.4, 0.5) is 0 Å². The van der Waals surface area contributed by atoms with Crippen LogP contribution in [0.5, 0.6) is 0 Å². The molecule has 4 aliphatic carbocycles. The third-order valence-corrected chi connectivity index (χ3v) is 19.2. The van der Waals surface area contributed by atoms with E-state index in [1.54, 1.807) is 6.92 Å². The number of rotatable bonds is 8. The highest BCUT2D eigenvalue weighted by atomic mass is 16.8. The first-order chi connectivity index (χ1) is 30.4. The first kappa shape index (κ1) is 49.1. The van der Waals surface area contributed by atoms with Crippen LogP contribution in [-0.4, -0.2) is 175 Å². The fourth-order valence-electron chi connectivity index (χ4n) is 16.0. The molecule has 17 heteroatoms. The van der Waals surface area contributed by atoms with Crippen LogP contribution < -0.4 is 0 Å². The summed E-state index contributed by atoms with van der Waals surface area (Å²) in [6.45, 7) is 18.7. The molecule has 9 rings (SSSR count). The third kappa shape index (κ3) is 7.33. The minimum absolute atomic E-state index is 0.113. The van der Waals surface area contributed by atoms with Gasteiger partial charge in [-0.3, -0.25) is 0 Å². The molecular formula is C48H78O17. The van der Waals surface area contributed by atoms with Crippen LogP contribution in [0.2, 0.25) is 0 Å². The lowest BCUT2D eigenvalue weighted by Gasteiger charge is -2.70. The van der Waals surface area contributed by atoms with Gasteiger partial charge in [-0.1, -0.05) is 39.3 Å². The second-order valence-electron chi connectivity index (χ2n) is 23.4. The average Bonchev–Trinajstić information content (AvgIpc) is 3.76. The standard InChI is InChI=1S/C48H78O17/c1-21(2)16-24-17-46(9,65-41-37(57)34(54)31(51)23(4)60-41)39-25-10-11-28-44(7)14-13-29(43(5,6)27(44)12-15-45(28,8)47(25)19-48(39,64-24)58-20-47)62-42-38(35(55)32(52)26(18-49)61-42)63-40-36(56)33(53)30(50)22(3)59-40/h16,22-42,49-57H,10-15,17-20H2,1-9H3/t22-,23-,24-,25+,26+,27-,28+,29-,30-,31-,32+,33+,34+,35-,36+,37+,38+,39-,40-,41-,42-,44-,45+,46-,47-,48-/m0/s1. The monoisotopic (exact) mass is 927 g/mol. The molecule has 4 saturated carbocycles. The van der Waals surface area contributed by atoms with E-state index in [1.807, 2.05) is 13.8 Å². The van der Waals surface area contributed by atoms with Gasteiger partial charge in [-0.15, -0.1) is 0 Å². The van der Waals surface area contributed by atoms with Crippen molar-refractivity contribution in [2.24, 2.45) is 45.3 Å². The number of aliphatic hydroxyl groups excluding tert-OH is 9. The molecule has 372 valence electrons. The summed E-state index contributed by atoms with van der Waals surface area (Å²) in [6, 6.07) is 0. The molecule has 0 aromatic carbocycles. The number of fused-ring (bicyclic) bond motifs is 4. The number of hydrogen-bond acceptors (Lipinski definition) is 17. The van der Waals surface area contributed by atoms with E-state index in [0.29, 0.717) is 31.8 Å².